The van der Waals surface area contributed by atoms with E-state index in [9.17, 15) is 9.59 Å². The van der Waals surface area contributed by atoms with Crippen LogP contribution in [0.15, 0.2) is 30.5 Å². The predicted molar refractivity (Wildman–Crippen MR) is 157 cm³/mol. The number of fused-ring (bicyclic) bond motifs is 4. The maximum absolute atomic E-state index is 15.7. The summed E-state index contributed by atoms with van der Waals surface area (Å²) in [6.07, 6.45) is 5.15. The first-order chi connectivity index (χ1) is 20.0. The third kappa shape index (κ3) is 4.69. The van der Waals surface area contributed by atoms with E-state index >= 15 is 4.39 Å². The second kappa shape index (κ2) is 9.69. The Labute approximate surface area is 248 Å². The maximum atomic E-state index is 15.7. The summed E-state index contributed by atoms with van der Waals surface area (Å²) >= 11 is 6.24. The number of rotatable bonds is 5. The summed E-state index contributed by atoms with van der Waals surface area (Å²) in [5, 5.41) is 9.15. The molecule has 3 fully saturated rings. The average molecular weight is 593 g/mol. The number of pyridine rings is 2. The van der Waals surface area contributed by atoms with E-state index in [1.165, 1.54) is 10.6 Å². The minimum absolute atomic E-state index is 0.133. The molecule has 3 aliphatic rings. The van der Waals surface area contributed by atoms with E-state index in [1.54, 1.807) is 17.2 Å². The molecule has 2 bridgehead atoms. The van der Waals surface area contributed by atoms with Gasteiger partial charge in [-0.2, -0.15) is 5.10 Å². The zero-order valence-electron chi connectivity index (χ0n) is 24.2. The first-order valence-corrected chi connectivity index (χ1v) is 15.0. The van der Waals surface area contributed by atoms with Gasteiger partial charge in [0.05, 0.1) is 23.3 Å². The van der Waals surface area contributed by atoms with Crippen molar-refractivity contribution in [2.45, 2.75) is 77.6 Å². The highest BCUT2D eigenvalue weighted by molar-refractivity contribution is 6.29. The number of likely N-dealkylation sites (tertiary alicyclic amines) is 1. The van der Waals surface area contributed by atoms with E-state index in [2.05, 4.69) is 14.9 Å². The molecule has 2 amide bonds. The van der Waals surface area contributed by atoms with Gasteiger partial charge in [-0.15, -0.1) is 0 Å². The van der Waals surface area contributed by atoms with Crippen LogP contribution < -0.4 is 5.32 Å². The molecule has 2 saturated carbocycles. The fourth-order valence-electron chi connectivity index (χ4n) is 6.73. The van der Waals surface area contributed by atoms with Crippen LogP contribution in [0.3, 0.4) is 0 Å². The number of hydrogen-bond donors (Lipinski definition) is 1. The summed E-state index contributed by atoms with van der Waals surface area (Å²) < 4.78 is 24.8. The molecule has 7 rings (SSSR count). The third-order valence-corrected chi connectivity index (χ3v) is 9.00. The number of carbonyl (C=O) groups is 2. The fourth-order valence-corrected chi connectivity index (χ4v) is 6.88. The Balaban J connectivity index is 1.21. The van der Waals surface area contributed by atoms with Crippen molar-refractivity contribution in [3.63, 3.8) is 0 Å². The van der Waals surface area contributed by atoms with Crippen LogP contribution in [0.4, 0.5) is 9.18 Å². The second-order valence-corrected chi connectivity index (χ2v) is 13.4. The Hall–Kier alpha value is -3.66. The minimum Gasteiger partial charge on any atom is -0.444 e. The number of hydrogen-bond acceptors (Lipinski definition) is 5. The fraction of sp³-hybridized carbons (Fsp3) is 0.484. The lowest BCUT2D eigenvalue weighted by atomic mass is 10.1. The molecule has 220 valence electrons. The Bertz CT molecular complexity index is 1750. The summed E-state index contributed by atoms with van der Waals surface area (Å²) in [6.45, 7) is 8.60. The normalized spacial score (nSPS) is 22.0. The smallest absolute Gasteiger partial charge is 0.407 e. The lowest BCUT2D eigenvalue weighted by Crippen LogP contribution is -2.46. The Morgan fingerprint density at radius 3 is 2.69 bits per heavy atom. The molecular weight excluding hydrogens is 559 g/mol. The van der Waals surface area contributed by atoms with E-state index < -0.39 is 17.5 Å². The molecule has 5 heterocycles. The van der Waals surface area contributed by atoms with Gasteiger partial charge >= 0.3 is 6.09 Å². The summed E-state index contributed by atoms with van der Waals surface area (Å²) in [4.78, 5) is 32.5. The average Bonchev–Trinajstić information content (AvgIpc) is 3.27. The van der Waals surface area contributed by atoms with Crippen molar-refractivity contribution < 1.29 is 18.7 Å². The highest BCUT2D eigenvalue weighted by Gasteiger charge is 2.50. The van der Waals surface area contributed by atoms with Crippen molar-refractivity contribution in [3.05, 3.63) is 52.6 Å². The standard InChI is InChI=1S/C31H34ClFN6O3/c1-16-25(23-12-18-8-10-24(32)34-28(18)37(23)13-17-5-6-17)36-39-15-20(11-21(33)27(16)39)29(40)38-14-19-7-9-22(38)26(19)35-30(41)42-31(2,3)4/h8,10-12,15,17,19,22,26H,5-7,9,13-14H2,1-4H3,(H,35,41)/t19?,22?,26-/m1/s1. The molecular formula is C31H34ClFN6O3. The van der Waals surface area contributed by atoms with Crippen molar-refractivity contribution in [3.8, 4) is 11.4 Å². The predicted octanol–water partition coefficient (Wildman–Crippen LogP) is 5.99. The van der Waals surface area contributed by atoms with Gasteiger partial charge in [-0.1, -0.05) is 11.6 Å². The monoisotopic (exact) mass is 592 g/mol. The second-order valence-electron chi connectivity index (χ2n) is 13.0. The maximum Gasteiger partial charge on any atom is 0.407 e. The molecule has 42 heavy (non-hydrogen) atoms. The number of amides is 2. The molecule has 9 nitrogen and oxygen atoms in total. The molecule has 0 aromatic carbocycles. The zero-order chi connectivity index (χ0) is 29.5. The Kier molecular flexibility index (Phi) is 6.27. The summed E-state index contributed by atoms with van der Waals surface area (Å²) in [5.41, 5.74) is 2.94. The van der Waals surface area contributed by atoms with Crippen LogP contribution in [0.25, 0.3) is 27.9 Å². The van der Waals surface area contributed by atoms with E-state index in [4.69, 9.17) is 21.4 Å². The van der Waals surface area contributed by atoms with Crippen molar-refractivity contribution >= 4 is 40.2 Å². The number of aromatic nitrogens is 4. The molecule has 2 unspecified atom stereocenters. The lowest BCUT2D eigenvalue weighted by Gasteiger charge is -2.28. The molecule has 11 heteroatoms. The number of nitrogens with one attached hydrogen (secondary N) is 1. The van der Waals surface area contributed by atoms with E-state index in [0.29, 0.717) is 34.4 Å². The summed E-state index contributed by atoms with van der Waals surface area (Å²) in [7, 11) is 0. The van der Waals surface area contributed by atoms with Gasteiger partial charge in [0.15, 0.2) is 0 Å². The number of halogens is 2. The summed E-state index contributed by atoms with van der Waals surface area (Å²) in [6, 6.07) is 6.68. The van der Waals surface area contributed by atoms with Crippen molar-refractivity contribution in [1.29, 1.82) is 0 Å². The highest BCUT2D eigenvalue weighted by Crippen LogP contribution is 2.40. The van der Waals surface area contributed by atoms with Gasteiger partial charge in [0, 0.05) is 30.2 Å². The van der Waals surface area contributed by atoms with E-state index in [0.717, 1.165) is 49.0 Å². The largest absolute Gasteiger partial charge is 0.444 e. The van der Waals surface area contributed by atoms with Crippen LogP contribution in [0.1, 0.15) is 62.4 Å². The number of alkyl carbamates (subject to hydrolysis) is 1. The van der Waals surface area contributed by atoms with Gasteiger partial charge in [-0.3, -0.25) is 4.79 Å². The van der Waals surface area contributed by atoms with Crippen LogP contribution >= 0.6 is 11.6 Å². The number of aryl methyl sites for hydroxylation is 1. The lowest BCUT2D eigenvalue weighted by molar-refractivity contribution is 0.0485. The molecule has 2 aliphatic carbocycles. The molecule has 0 spiro atoms. The third-order valence-electron chi connectivity index (χ3n) is 8.79. The molecule has 1 aliphatic heterocycles. The molecule has 4 aromatic heterocycles. The first-order valence-electron chi connectivity index (χ1n) is 14.6. The van der Waals surface area contributed by atoms with Gasteiger partial charge in [0.2, 0.25) is 0 Å². The van der Waals surface area contributed by atoms with Crippen molar-refractivity contribution in [2.24, 2.45) is 11.8 Å². The quantitative estimate of drug-likeness (QED) is 0.287. The van der Waals surface area contributed by atoms with Crippen molar-refractivity contribution in [1.82, 2.24) is 29.4 Å². The van der Waals surface area contributed by atoms with Gasteiger partial charge in [-0.25, -0.2) is 18.7 Å². The number of piperidine rings is 1. The zero-order valence-corrected chi connectivity index (χ0v) is 24.9. The molecule has 4 aromatic rings. The number of carbonyl (C=O) groups excluding carboxylic acids is 2. The SMILES string of the molecule is Cc1c(-c2cc3ccc(Cl)nc3n2CC2CC2)nn2cc(C(=O)N3CC4CCC3[C@@H]4NC(=O)OC(C)(C)C)cc(F)c12. The van der Waals surface area contributed by atoms with Crippen LogP contribution in [0.5, 0.6) is 0 Å². The minimum atomic E-state index is -0.610. The highest BCUT2D eigenvalue weighted by atomic mass is 35.5. The van der Waals surface area contributed by atoms with Gasteiger partial charge < -0.3 is 19.5 Å². The Morgan fingerprint density at radius 2 is 1.95 bits per heavy atom. The number of nitrogens with zero attached hydrogens (tertiary/aromatic N) is 5. The van der Waals surface area contributed by atoms with Gasteiger partial charge in [0.1, 0.15) is 33.4 Å². The molecule has 1 saturated heterocycles. The Morgan fingerprint density at radius 1 is 1.17 bits per heavy atom. The molecule has 3 atom stereocenters. The van der Waals surface area contributed by atoms with Crippen LogP contribution in [0.2, 0.25) is 5.15 Å². The van der Waals surface area contributed by atoms with Gasteiger partial charge in [0.25, 0.3) is 5.91 Å². The van der Waals surface area contributed by atoms with Crippen molar-refractivity contribution in [2.75, 3.05) is 6.54 Å². The molecule has 0 radical (unpaired) electrons. The first kappa shape index (κ1) is 27.2. The number of ether oxygens (including phenoxy) is 1. The summed E-state index contributed by atoms with van der Waals surface area (Å²) in [5.74, 6) is -0.0664. The van der Waals surface area contributed by atoms with Crippen LogP contribution in [-0.2, 0) is 11.3 Å². The van der Waals surface area contributed by atoms with Gasteiger partial charge in [-0.05, 0) is 89.5 Å². The van der Waals surface area contributed by atoms with E-state index in [1.807, 2.05) is 39.8 Å². The van der Waals surface area contributed by atoms with E-state index in [-0.39, 0.29) is 29.5 Å². The molecule has 1 N–H and O–H groups in total. The topological polar surface area (TPSA) is 93.8 Å². The van der Waals surface area contributed by atoms with Crippen LogP contribution in [-0.4, -0.2) is 60.3 Å². The van der Waals surface area contributed by atoms with Crippen LogP contribution in [0, 0.1) is 24.6 Å².